The molecule has 3 aliphatic rings. The van der Waals surface area contributed by atoms with Crippen LogP contribution in [0.3, 0.4) is 0 Å². The summed E-state index contributed by atoms with van der Waals surface area (Å²) in [6, 6.07) is -1.37. The smallest absolute Gasteiger partial charge is 0.249 e. The predicted octanol–water partition coefficient (Wildman–Crippen LogP) is 4.18. The largest absolute Gasteiger partial charge is 0.394 e. The van der Waals surface area contributed by atoms with Crippen molar-refractivity contribution in [3.63, 3.8) is 0 Å². The number of carbonyl (C=O) groups excluding carboxylic acids is 1. The Bertz CT molecular complexity index is 1540. The van der Waals surface area contributed by atoms with E-state index in [0.29, 0.717) is 18.8 Å². The van der Waals surface area contributed by atoms with Crippen LogP contribution in [0.5, 0.6) is 0 Å². The molecule has 3 aliphatic heterocycles. The maximum Gasteiger partial charge on any atom is 0.249 e. The highest BCUT2D eigenvalue weighted by molar-refractivity contribution is 5.80. The third kappa shape index (κ3) is 27.5. The lowest BCUT2D eigenvalue weighted by Crippen LogP contribution is -2.62. The van der Waals surface area contributed by atoms with E-state index in [4.69, 9.17) is 28.4 Å². The number of nitrogens with one attached hydrogen (secondary N) is 1. The summed E-state index contributed by atoms with van der Waals surface area (Å²) in [4.78, 5) is 13.6. The highest BCUT2D eigenvalue weighted by Gasteiger charge is 2.56. The van der Waals surface area contributed by atoms with Crippen LogP contribution in [0.2, 0.25) is 0 Å². The van der Waals surface area contributed by atoms with Crippen LogP contribution in [0.1, 0.15) is 226 Å². The molecular weight excluding hydrogens is 1050 g/mol. The molecule has 0 spiro atoms. The third-order valence-corrected chi connectivity index (χ3v) is 16.5. The molecule has 3 heterocycles. The van der Waals surface area contributed by atoms with E-state index in [9.17, 15) is 71.2 Å². The SMILES string of the molecule is CCCCCCCCCCCCCCCCCCCCCC[C@@H](O)C(=O)N[C@@H](CO[C@H]1O[C@H](CO)[C@H](O)[C@H](O[C@@H]2O[C@@H]([C@H](O)CO)[C@H](O)[C@H]2O[C@H]2O[C@@H]([C@H](O)CO)[C@H](O)[C@H]2O)[C@H]1O)[C@H](O)[C@H](O)CCCCCCCCCCCC(C)C. The molecule has 0 aromatic heterocycles. The lowest BCUT2D eigenvalue weighted by molar-refractivity contribution is -0.338. The fourth-order valence-corrected chi connectivity index (χ4v) is 11.2. The molecule has 0 unspecified atom stereocenters. The molecule has 480 valence electrons. The number of amides is 1. The van der Waals surface area contributed by atoms with E-state index >= 15 is 0 Å². The Morgan fingerprint density at radius 3 is 1.35 bits per heavy atom. The van der Waals surface area contributed by atoms with E-state index in [1.807, 2.05) is 0 Å². The summed E-state index contributed by atoms with van der Waals surface area (Å²) in [6.45, 7) is 3.49. The number of aliphatic hydroxyl groups excluding tert-OH is 13. The summed E-state index contributed by atoms with van der Waals surface area (Å²) in [7, 11) is 0. The van der Waals surface area contributed by atoms with Crippen LogP contribution in [0.25, 0.3) is 0 Å². The summed E-state index contributed by atoms with van der Waals surface area (Å²) in [5.74, 6) is -0.0955. The first-order valence-corrected chi connectivity index (χ1v) is 31.8. The van der Waals surface area contributed by atoms with Crippen molar-refractivity contribution in [3.8, 4) is 0 Å². The maximum atomic E-state index is 13.6. The van der Waals surface area contributed by atoms with Crippen LogP contribution in [-0.4, -0.2) is 215 Å². The lowest BCUT2D eigenvalue weighted by atomic mass is 9.98. The molecule has 3 rings (SSSR count). The molecular formula is C60H115NO20. The second kappa shape index (κ2) is 43.4. The minimum absolute atomic E-state index is 0.158. The van der Waals surface area contributed by atoms with Crippen LogP contribution >= 0.6 is 0 Å². The summed E-state index contributed by atoms with van der Waals surface area (Å²) in [5, 5.41) is 142. The second-order valence-corrected chi connectivity index (χ2v) is 24.0. The van der Waals surface area contributed by atoms with E-state index in [-0.39, 0.29) is 12.8 Å². The first kappa shape index (κ1) is 74.0. The average molecular weight is 1170 g/mol. The van der Waals surface area contributed by atoms with Gasteiger partial charge in [0.15, 0.2) is 18.9 Å². The zero-order chi connectivity index (χ0) is 59.5. The number of aliphatic hydroxyl groups is 13. The van der Waals surface area contributed by atoms with Gasteiger partial charge >= 0.3 is 0 Å². The second-order valence-electron chi connectivity index (χ2n) is 24.0. The fraction of sp³-hybridized carbons (Fsp3) is 0.983. The molecule has 0 aromatic carbocycles. The van der Waals surface area contributed by atoms with Crippen molar-refractivity contribution in [2.75, 3.05) is 26.4 Å². The monoisotopic (exact) mass is 1170 g/mol. The van der Waals surface area contributed by atoms with Crippen LogP contribution < -0.4 is 5.32 Å². The van der Waals surface area contributed by atoms with E-state index in [1.165, 1.54) is 128 Å². The standard InChI is InChI=1S/C60H115NO20/c1-4-5-6-7-8-9-10-11-12-13-14-15-16-17-18-19-22-26-29-32-35-43(66)57(75)61-41(47(69)42(65)34-31-28-25-23-20-21-24-27-30-33-40(2)3)39-76-58-52(74)55(48(70)46(38-64)77-58)80-60-56(51(73)54(79-60)45(68)37-63)81-59-50(72)49(71)53(78-59)44(67)36-62/h40-56,58-60,62-74H,4-39H2,1-3H3,(H,61,75)/t41-,42+,43+,44+,45+,46+,47-,48-,49+,50+,51-,52+,53-,54-,55-,56+,58-,59+,60-/m0/s1. The summed E-state index contributed by atoms with van der Waals surface area (Å²) >= 11 is 0. The summed E-state index contributed by atoms with van der Waals surface area (Å²) in [5.41, 5.74) is 0. The highest BCUT2D eigenvalue weighted by atomic mass is 16.8. The van der Waals surface area contributed by atoms with Gasteiger partial charge in [-0.1, -0.05) is 213 Å². The Labute approximate surface area is 484 Å². The van der Waals surface area contributed by atoms with E-state index < -0.39 is 149 Å². The van der Waals surface area contributed by atoms with Gasteiger partial charge in [-0.3, -0.25) is 4.79 Å². The molecule has 19 atom stereocenters. The number of rotatable bonds is 49. The van der Waals surface area contributed by atoms with Crippen molar-refractivity contribution < 1.29 is 99.6 Å². The average Bonchev–Trinajstić information content (AvgIpc) is 4.10. The molecule has 0 bridgehead atoms. The molecule has 14 N–H and O–H groups in total. The van der Waals surface area contributed by atoms with Gasteiger partial charge in [-0.15, -0.1) is 0 Å². The molecule has 3 saturated heterocycles. The van der Waals surface area contributed by atoms with Crippen molar-refractivity contribution >= 4 is 5.91 Å². The molecule has 3 fully saturated rings. The van der Waals surface area contributed by atoms with Gasteiger partial charge in [0.2, 0.25) is 5.91 Å². The van der Waals surface area contributed by atoms with Gasteiger partial charge in [0.05, 0.1) is 38.6 Å². The van der Waals surface area contributed by atoms with Crippen LogP contribution in [-0.2, 0) is 33.2 Å². The Morgan fingerprint density at radius 2 is 0.889 bits per heavy atom. The van der Waals surface area contributed by atoms with E-state index in [2.05, 4.69) is 26.1 Å². The zero-order valence-corrected chi connectivity index (χ0v) is 49.7. The van der Waals surface area contributed by atoms with Crippen molar-refractivity contribution in [2.24, 2.45) is 5.92 Å². The van der Waals surface area contributed by atoms with Gasteiger partial charge in [-0.2, -0.15) is 0 Å². The Balaban J connectivity index is 1.57. The van der Waals surface area contributed by atoms with E-state index in [0.717, 1.165) is 51.4 Å². The first-order valence-electron chi connectivity index (χ1n) is 31.8. The molecule has 0 saturated carbocycles. The van der Waals surface area contributed by atoms with Gasteiger partial charge < -0.3 is 100 Å². The quantitative estimate of drug-likeness (QED) is 0.0380. The number of ether oxygens (including phenoxy) is 6. The van der Waals surface area contributed by atoms with Crippen LogP contribution in [0.15, 0.2) is 0 Å². The minimum atomic E-state index is -1.96. The van der Waals surface area contributed by atoms with Crippen LogP contribution in [0.4, 0.5) is 0 Å². The number of unbranched alkanes of at least 4 members (excludes halogenated alkanes) is 27. The first-order chi connectivity index (χ1) is 39.0. The van der Waals surface area contributed by atoms with Gasteiger partial charge in [-0.05, 0) is 18.8 Å². The van der Waals surface area contributed by atoms with E-state index in [1.54, 1.807) is 0 Å². The van der Waals surface area contributed by atoms with Gasteiger partial charge in [0, 0.05) is 0 Å². The van der Waals surface area contributed by atoms with Crippen molar-refractivity contribution in [1.82, 2.24) is 5.32 Å². The van der Waals surface area contributed by atoms with Crippen LogP contribution in [0, 0.1) is 5.92 Å². The number of carbonyl (C=O) groups is 1. The summed E-state index contributed by atoms with van der Waals surface area (Å²) < 4.78 is 34.6. The Hall–Kier alpha value is -1.29. The lowest BCUT2D eigenvalue weighted by Gasteiger charge is -2.43. The predicted molar refractivity (Wildman–Crippen MR) is 303 cm³/mol. The van der Waals surface area contributed by atoms with Gasteiger partial charge in [0.1, 0.15) is 85.5 Å². The molecule has 21 nitrogen and oxygen atoms in total. The van der Waals surface area contributed by atoms with Crippen molar-refractivity contribution in [1.29, 1.82) is 0 Å². The topological polar surface area (TPSA) is 347 Å². The molecule has 0 aliphatic carbocycles. The maximum absolute atomic E-state index is 13.6. The zero-order valence-electron chi connectivity index (χ0n) is 49.7. The third-order valence-electron chi connectivity index (χ3n) is 16.5. The minimum Gasteiger partial charge on any atom is -0.394 e. The number of hydrogen-bond donors (Lipinski definition) is 14. The summed E-state index contributed by atoms with van der Waals surface area (Å²) in [6.07, 6.45) is 4.75. The Morgan fingerprint density at radius 1 is 0.469 bits per heavy atom. The van der Waals surface area contributed by atoms with Gasteiger partial charge in [0.25, 0.3) is 0 Å². The molecule has 0 radical (unpaired) electrons. The fourth-order valence-electron chi connectivity index (χ4n) is 11.2. The molecule has 81 heavy (non-hydrogen) atoms. The van der Waals surface area contributed by atoms with Crippen molar-refractivity contribution in [2.45, 2.75) is 343 Å². The van der Waals surface area contributed by atoms with Crippen molar-refractivity contribution in [3.05, 3.63) is 0 Å². The molecule has 0 aromatic rings. The number of hydrogen-bond acceptors (Lipinski definition) is 20. The Kier molecular flexibility index (Phi) is 39.6. The highest BCUT2D eigenvalue weighted by Crippen LogP contribution is 2.36. The van der Waals surface area contributed by atoms with Gasteiger partial charge in [-0.25, -0.2) is 0 Å². The normalized spacial score (nSPS) is 29.3. The molecule has 21 heteroatoms. The molecule has 1 amide bonds.